The molecule has 0 bridgehead atoms. The van der Waals surface area contributed by atoms with Crippen molar-refractivity contribution < 1.29 is 22.7 Å². The fraction of sp³-hybridized carbons (Fsp3) is 0.333. The quantitative estimate of drug-likeness (QED) is 0.646. The molecule has 1 fully saturated rings. The molecule has 0 saturated carbocycles. The lowest BCUT2D eigenvalue weighted by Crippen LogP contribution is -2.40. The molecule has 162 valence electrons. The Bertz CT molecular complexity index is 1060. The Morgan fingerprint density at radius 1 is 1.19 bits per heavy atom. The number of piperidine rings is 1. The third-order valence-corrected chi connectivity index (χ3v) is 6.81. The van der Waals surface area contributed by atoms with Gasteiger partial charge in [0.15, 0.2) is 6.61 Å². The van der Waals surface area contributed by atoms with Crippen molar-refractivity contribution in [2.24, 2.45) is 5.92 Å². The molecule has 9 nitrogen and oxygen atoms in total. The van der Waals surface area contributed by atoms with Crippen LogP contribution in [0.5, 0.6) is 0 Å². The topological polar surface area (TPSA) is 129 Å². The van der Waals surface area contributed by atoms with Crippen LogP contribution in [0.1, 0.15) is 18.4 Å². The highest BCUT2D eigenvalue weighted by Crippen LogP contribution is 2.24. The van der Waals surface area contributed by atoms with E-state index in [-0.39, 0.29) is 24.4 Å². The van der Waals surface area contributed by atoms with Crippen molar-refractivity contribution in [1.82, 2.24) is 9.29 Å². The highest BCUT2D eigenvalue weighted by atomic mass is 32.2. The lowest BCUT2D eigenvalue weighted by molar-refractivity contribution is -0.152. The lowest BCUT2D eigenvalue weighted by atomic mass is 9.98. The summed E-state index contributed by atoms with van der Waals surface area (Å²) in [5.74, 6) is -1.45. The van der Waals surface area contributed by atoms with E-state index in [1.165, 1.54) is 22.8 Å². The molecule has 1 N–H and O–H groups in total. The van der Waals surface area contributed by atoms with E-state index < -0.39 is 34.4 Å². The zero-order chi connectivity index (χ0) is 22.3. The minimum Gasteiger partial charge on any atom is -0.455 e. The average molecular weight is 442 g/mol. The van der Waals surface area contributed by atoms with Crippen molar-refractivity contribution >= 4 is 27.6 Å². The van der Waals surface area contributed by atoms with Gasteiger partial charge in [-0.25, -0.2) is 8.42 Å². The molecule has 1 amide bonds. The minimum absolute atomic E-state index is 0.119. The van der Waals surface area contributed by atoms with Gasteiger partial charge in [0.2, 0.25) is 10.0 Å². The van der Waals surface area contributed by atoms with Crippen LogP contribution in [0.4, 0.5) is 5.69 Å². The number of amides is 1. The first-order valence-electron chi connectivity index (χ1n) is 9.72. The number of hydrogen-bond donors (Lipinski definition) is 1. The Morgan fingerprint density at radius 3 is 2.52 bits per heavy atom. The second kappa shape index (κ2) is 10.1. The van der Waals surface area contributed by atoms with Gasteiger partial charge in [0.05, 0.1) is 18.4 Å². The number of hydrogen-bond acceptors (Lipinski definition) is 7. The number of esters is 1. The number of anilines is 1. The molecule has 3 rings (SSSR count). The van der Waals surface area contributed by atoms with Crippen LogP contribution in [-0.2, 0) is 30.8 Å². The number of aromatic nitrogens is 1. The molecule has 0 spiro atoms. The normalized spacial score (nSPS) is 15.1. The number of pyridine rings is 1. The van der Waals surface area contributed by atoms with Gasteiger partial charge in [0.1, 0.15) is 4.90 Å². The van der Waals surface area contributed by atoms with Crippen molar-refractivity contribution in [2.75, 3.05) is 25.0 Å². The molecule has 1 aromatic heterocycles. The smallest absolute Gasteiger partial charge is 0.309 e. The summed E-state index contributed by atoms with van der Waals surface area (Å²) in [5, 5.41) is 11.3. The van der Waals surface area contributed by atoms with Gasteiger partial charge in [-0.2, -0.15) is 9.57 Å². The van der Waals surface area contributed by atoms with E-state index in [0.717, 1.165) is 5.56 Å². The molecule has 0 atom stereocenters. The zero-order valence-corrected chi connectivity index (χ0v) is 17.5. The average Bonchev–Trinajstić information content (AvgIpc) is 2.79. The van der Waals surface area contributed by atoms with Crippen molar-refractivity contribution in [3.05, 3.63) is 54.4 Å². The summed E-state index contributed by atoms with van der Waals surface area (Å²) in [7, 11) is -3.64. The minimum atomic E-state index is -3.64. The number of ether oxygens (including phenoxy) is 1. The fourth-order valence-corrected chi connectivity index (χ4v) is 4.66. The number of nitrogens with one attached hydrogen (secondary N) is 1. The first-order valence-corrected chi connectivity index (χ1v) is 11.2. The molecule has 0 aliphatic carbocycles. The van der Waals surface area contributed by atoms with E-state index >= 15 is 0 Å². The van der Waals surface area contributed by atoms with Crippen LogP contribution < -0.4 is 5.32 Å². The highest BCUT2D eigenvalue weighted by molar-refractivity contribution is 7.89. The molecule has 1 saturated heterocycles. The molecule has 0 radical (unpaired) electrons. The summed E-state index contributed by atoms with van der Waals surface area (Å²) < 4.78 is 31.7. The summed E-state index contributed by atoms with van der Waals surface area (Å²) in [4.78, 5) is 28.3. The summed E-state index contributed by atoms with van der Waals surface area (Å²) in [6, 6.07) is 11.9. The number of carbonyl (C=O) groups is 2. The van der Waals surface area contributed by atoms with Gasteiger partial charge < -0.3 is 10.1 Å². The Hall–Kier alpha value is -3.29. The Morgan fingerprint density at radius 2 is 1.90 bits per heavy atom. The summed E-state index contributed by atoms with van der Waals surface area (Å²) in [5.41, 5.74) is 1.38. The van der Waals surface area contributed by atoms with Crippen LogP contribution in [0.25, 0.3) is 0 Å². The molecule has 10 heteroatoms. The number of carbonyl (C=O) groups excluding carboxylic acids is 2. The van der Waals surface area contributed by atoms with Crippen LogP contribution in [0.15, 0.2) is 53.7 Å². The predicted octanol–water partition coefficient (Wildman–Crippen LogP) is 1.73. The monoisotopic (exact) mass is 442 g/mol. The van der Waals surface area contributed by atoms with Crippen LogP contribution in [-0.4, -0.2) is 49.3 Å². The summed E-state index contributed by atoms with van der Waals surface area (Å²) >= 11 is 0. The maximum atomic E-state index is 12.6. The van der Waals surface area contributed by atoms with Crippen LogP contribution >= 0.6 is 0 Å². The van der Waals surface area contributed by atoms with Crippen molar-refractivity contribution in [3.63, 3.8) is 0 Å². The standard InChI is InChI=1S/C21H22N4O5S/c22-10-7-16-3-5-18(6-4-16)24-20(26)15-30-21(27)17-8-12-25(13-9-17)31(28,29)19-2-1-11-23-14-19/h1-6,11,14,17H,7-9,12-13,15H2,(H,24,26). The van der Waals surface area contributed by atoms with Gasteiger partial charge in [-0.05, 0) is 42.7 Å². The van der Waals surface area contributed by atoms with Crippen molar-refractivity contribution in [2.45, 2.75) is 24.2 Å². The van der Waals surface area contributed by atoms with Gasteiger partial charge in [-0.3, -0.25) is 14.6 Å². The van der Waals surface area contributed by atoms with E-state index in [1.807, 2.05) is 6.07 Å². The second-order valence-corrected chi connectivity index (χ2v) is 8.99. The van der Waals surface area contributed by atoms with Crippen LogP contribution in [0, 0.1) is 17.2 Å². The third kappa shape index (κ3) is 5.87. The molecule has 0 unspecified atom stereocenters. The van der Waals surface area contributed by atoms with E-state index in [2.05, 4.69) is 10.3 Å². The number of nitriles is 1. The van der Waals surface area contributed by atoms with E-state index in [4.69, 9.17) is 10.00 Å². The van der Waals surface area contributed by atoms with Crippen molar-refractivity contribution in [3.8, 4) is 6.07 Å². The molecular formula is C21H22N4O5S. The zero-order valence-electron chi connectivity index (χ0n) is 16.7. The first kappa shape index (κ1) is 22.4. The fourth-order valence-electron chi connectivity index (χ4n) is 3.23. The largest absolute Gasteiger partial charge is 0.455 e. The van der Waals surface area contributed by atoms with Crippen LogP contribution in [0.2, 0.25) is 0 Å². The van der Waals surface area contributed by atoms with E-state index in [1.54, 1.807) is 30.3 Å². The highest BCUT2D eigenvalue weighted by Gasteiger charge is 2.33. The van der Waals surface area contributed by atoms with Gasteiger partial charge in [0, 0.05) is 31.2 Å². The molecular weight excluding hydrogens is 420 g/mol. The van der Waals surface area contributed by atoms with Gasteiger partial charge in [-0.1, -0.05) is 12.1 Å². The second-order valence-electron chi connectivity index (χ2n) is 7.05. The van der Waals surface area contributed by atoms with Crippen LogP contribution in [0.3, 0.4) is 0 Å². The maximum absolute atomic E-state index is 12.6. The number of nitrogens with zero attached hydrogens (tertiary/aromatic N) is 3. The van der Waals surface area contributed by atoms with E-state index in [0.29, 0.717) is 18.5 Å². The molecule has 2 aromatic rings. The molecule has 31 heavy (non-hydrogen) atoms. The first-order chi connectivity index (χ1) is 14.9. The SMILES string of the molecule is N#CCc1ccc(NC(=O)COC(=O)C2CCN(S(=O)(=O)c3cccnc3)CC2)cc1. The third-order valence-electron chi connectivity index (χ3n) is 4.93. The molecule has 2 heterocycles. The van der Waals surface area contributed by atoms with Gasteiger partial charge in [-0.15, -0.1) is 0 Å². The molecule has 1 aliphatic rings. The van der Waals surface area contributed by atoms with Gasteiger partial charge in [0.25, 0.3) is 5.91 Å². The number of sulfonamides is 1. The Kier molecular flexibility index (Phi) is 7.33. The number of rotatable bonds is 7. The van der Waals surface area contributed by atoms with E-state index in [9.17, 15) is 18.0 Å². The summed E-state index contributed by atoms with van der Waals surface area (Å²) in [6.07, 6.45) is 3.72. The van der Waals surface area contributed by atoms with Crippen molar-refractivity contribution in [1.29, 1.82) is 5.26 Å². The maximum Gasteiger partial charge on any atom is 0.309 e. The predicted molar refractivity (Wildman–Crippen MR) is 111 cm³/mol. The molecule has 1 aliphatic heterocycles. The molecule has 1 aromatic carbocycles. The summed E-state index contributed by atoms with van der Waals surface area (Å²) in [6.45, 7) is -0.0382. The Balaban J connectivity index is 1.44. The lowest BCUT2D eigenvalue weighted by Gasteiger charge is -2.29. The number of benzene rings is 1. The van der Waals surface area contributed by atoms with Gasteiger partial charge >= 0.3 is 5.97 Å². The Labute approximate surface area is 180 Å².